The number of hydrogen-bond donors (Lipinski definition) is 0. The highest BCUT2D eigenvalue weighted by atomic mass is 16.5. The molecule has 6 nitrogen and oxygen atoms in total. The number of aromatic nitrogens is 3. The Morgan fingerprint density at radius 2 is 2.15 bits per heavy atom. The van der Waals surface area contributed by atoms with Gasteiger partial charge >= 0.3 is 0 Å². The van der Waals surface area contributed by atoms with Gasteiger partial charge in [-0.25, -0.2) is 0 Å². The van der Waals surface area contributed by atoms with Crippen molar-refractivity contribution in [3.05, 3.63) is 54.0 Å². The monoisotopic (exact) mass is 352 g/mol. The fourth-order valence-electron chi connectivity index (χ4n) is 3.76. The van der Waals surface area contributed by atoms with E-state index in [1.54, 1.807) is 6.20 Å². The first-order chi connectivity index (χ1) is 12.7. The molecule has 136 valence electrons. The molecule has 3 heterocycles. The van der Waals surface area contributed by atoms with Crippen LogP contribution in [-0.4, -0.2) is 44.4 Å². The molecule has 0 bridgehead atoms. The Hall–Kier alpha value is -2.60. The highest BCUT2D eigenvalue weighted by Gasteiger charge is 2.30. The van der Waals surface area contributed by atoms with Crippen molar-refractivity contribution < 1.29 is 9.53 Å². The number of benzene rings is 1. The summed E-state index contributed by atoms with van der Waals surface area (Å²) in [6.07, 6.45) is 4.58. The molecule has 2 aromatic heterocycles. The van der Waals surface area contributed by atoms with Gasteiger partial charge in [0.1, 0.15) is 0 Å². The Morgan fingerprint density at radius 3 is 3.00 bits per heavy atom. The van der Waals surface area contributed by atoms with Gasteiger partial charge in [-0.1, -0.05) is 18.2 Å². The van der Waals surface area contributed by atoms with E-state index in [2.05, 4.69) is 5.10 Å². The number of aryl methyl sites for hydroxylation is 2. The molecule has 1 aromatic carbocycles. The number of para-hydroxylation sites is 1. The quantitative estimate of drug-likeness (QED) is 0.725. The minimum atomic E-state index is 0.0446. The molecule has 0 saturated carbocycles. The number of ether oxygens (including phenoxy) is 1. The van der Waals surface area contributed by atoms with Crippen molar-refractivity contribution in [1.82, 2.24) is 19.2 Å². The Bertz CT molecular complexity index is 927. The van der Waals surface area contributed by atoms with E-state index >= 15 is 0 Å². The summed E-state index contributed by atoms with van der Waals surface area (Å²) in [5, 5.41) is 5.38. The van der Waals surface area contributed by atoms with Gasteiger partial charge in [-0.05, 0) is 25.5 Å². The van der Waals surface area contributed by atoms with E-state index in [9.17, 15) is 4.79 Å². The van der Waals surface area contributed by atoms with Crippen molar-refractivity contribution >= 4 is 16.8 Å². The second-order valence-electron chi connectivity index (χ2n) is 6.75. The van der Waals surface area contributed by atoms with Gasteiger partial charge in [0, 0.05) is 43.5 Å². The molecule has 3 aromatic rings. The largest absolute Gasteiger partial charge is 0.380 e. The summed E-state index contributed by atoms with van der Waals surface area (Å²) in [6.45, 7) is 4.55. The van der Waals surface area contributed by atoms with Crippen molar-refractivity contribution in [2.75, 3.05) is 13.2 Å². The lowest BCUT2D eigenvalue weighted by atomic mass is 10.1. The van der Waals surface area contributed by atoms with Crippen LogP contribution in [0.25, 0.3) is 10.9 Å². The molecule has 1 amide bonds. The third-order valence-corrected chi connectivity index (χ3v) is 5.15. The van der Waals surface area contributed by atoms with Crippen molar-refractivity contribution in [3.8, 4) is 0 Å². The average Bonchev–Trinajstić information content (AvgIpc) is 3.20. The van der Waals surface area contributed by atoms with E-state index in [1.807, 2.05) is 64.6 Å². The van der Waals surface area contributed by atoms with Crippen LogP contribution in [0, 0.1) is 0 Å². The number of carbonyl (C=O) groups excluding carboxylic acids is 1. The molecule has 0 unspecified atom stereocenters. The summed E-state index contributed by atoms with van der Waals surface area (Å²) in [4.78, 5) is 15.5. The molecule has 26 heavy (non-hydrogen) atoms. The van der Waals surface area contributed by atoms with Gasteiger partial charge in [0.25, 0.3) is 5.91 Å². The first-order valence-corrected chi connectivity index (χ1v) is 9.12. The fraction of sp³-hybridized carbons (Fsp3) is 0.400. The summed E-state index contributed by atoms with van der Waals surface area (Å²) in [5.74, 6) is 0.0566. The van der Waals surface area contributed by atoms with E-state index < -0.39 is 0 Å². The number of rotatable bonds is 4. The van der Waals surface area contributed by atoms with E-state index in [-0.39, 0.29) is 11.9 Å². The van der Waals surface area contributed by atoms with Gasteiger partial charge in [0.2, 0.25) is 0 Å². The minimum Gasteiger partial charge on any atom is -0.380 e. The van der Waals surface area contributed by atoms with E-state index in [1.165, 1.54) is 0 Å². The molecule has 1 aliphatic heterocycles. The summed E-state index contributed by atoms with van der Waals surface area (Å²) in [6, 6.07) is 10.1. The van der Waals surface area contributed by atoms with Crippen LogP contribution in [-0.2, 0) is 24.9 Å². The lowest BCUT2D eigenvalue weighted by molar-refractivity contribution is 0.0424. The maximum absolute atomic E-state index is 13.5. The van der Waals surface area contributed by atoms with Gasteiger partial charge in [-0.3, -0.25) is 9.48 Å². The van der Waals surface area contributed by atoms with E-state index in [4.69, 9.17) is 4.74 Å². The number of carbonyl (C=O) groups is 1. The minimum absolute atomic E-state index is 0.0446. The maximum atomic E-state index is 13.5. The van der Waals surface area contributed by atoms with E-state index in [0.29, 0.717) is 19.8 Å². The molecule has 4 rings (SSSR count). The average molecular weight is 352 g/mol. The van der Waals surface area contributed by atoms with Crippen molar-refractivity contribution in [3.63, 3.8) is 0 Å². The topological polar surface area (TPSA) is 52.3 Å². The zero-order valence-electron chi connectivity index (χ0n) is 15.3. The SMILES string of the molecule is CCOC[C@@H]1CCn2nccc2CN1C(=O)c1cn(C)c2ccccc12. The number of fused-ring (bicyclic) bond motifs is 2. The second-order valence-corrected chi connectivity index (χ2v) is 6.75. The van der Waals surface area contributed by atoms with Gasteiger partial charge in [0.05, 0.1) is 30.5 Å². The smallest absolute Gasteiger partial charge is 0.256 e. The third-order valence-electron chi connectivity index (χ3n) is 5.15. The Labute approximate surface area is 153 Å². The summed E-state index contributed by atoms with van der Waals surface area (Å²) >= 11 is 0. The third kappa shape index (κ3) is 2.90. The number of nitrogens with zero attached hydrogens (tertiary/aromatic N) is 4. The summed E-state index contributed by atoms with van der Waals surface area (Å²) in [7, 11) is 1.98. The predicted molar refractivity (Wildman–Crippen MR) is 99.9 cm³/mol. The molecular weight excluding hydrogens is 328 g/mol. The van der Waals surface area contributed by atoms with Crippen molar-refractivity contribution in [1.29, 1.82) is 0 Å². The van der Waals surface area contributed by atoms with Crippen LogP contribution in [0.15, 0.2) is 42.7 Å². The first kappa shape index (κ1) is 16.8. The normalized spacial score (nSPS) is 17.3. The first-order valence-electron chi connectivity index (χ1n) is 9.12. The number of amides is 1. The summed E-state index contributed by atoms with van der Waals surface area (Å²) in [5.41, 5.74) is 2.88. The highest BCUT2D eigenvalue weighted by molar-refractivity contribution is 6.07. The van der Waals surface area contributed by atoms with E-state index in [0.717, 1.165) is 35.1 Å². The van der Waals surface area contributed by atoms with Crippen LogP contribution in [0.4, 0.5) is 0 Å². The second kappa shape index (κ2) is 6.96. The molecule has 0 N–H and O–H groups in total. The fourth-order valence-corrected chi connectivity index (χ4v) is 3.76. The van der Waals surface area contributed by atoms with Gasteiger partial charge < -0.3 is 14.2 Å². The maximum Gasteiger partial charge on any atom is 0.256 e. The molecule has 6 heteroatoms. The summed E-state index contributed by atoms with van der Waals surface area (Å²) < 4.78 is 9.70. The molecule has 0 radical (unpaired) electrons. The van der Waals surface area contributed by atoms with Crippen LogP contribution in [0.2, 0.25) is 0 Å². The standard InChI is InChI=1S/C20H24N4O2/c1-3-26-14-16-9-11-24-15(8-10-21-24)12-23(16)20(25)18-13-22(2)19-7-5-4-6-17(18)19/h4-8,10,13,16H,3,9,11-12,14H2,1-2H3/t16-/m0/s1. The zero-order chi connectivity index (χ0) is 18.1. The molecule has 1 aliphatic rings. The molecule has 1 atom stereocenters. The molecular formula is C20H24N4O2. The Kier molecular flexibility index (Phi) is 4.51. The molecule has 0 saturated heterocycles. The lowest BCUT2D eigenvalue weighted by Gasteiger charge is -2.29. The molecule has 0 aliphatic carbocycles. The highest BCUT2D eigenvalue weighted by Crippen LogP contribution is 2.25. The predicted octanol–water partition coefficient (Wildman–Crippen LogP) is 2.83. The Balaban J connectivity index is 1.72. The molecule has 0 fully saturated rings. The van der Waals surface area contributed by atoms with Crippen molar-refractivity contribution in [2.24, 2.45) is 7.05 Å². The lowest BCUT2D eigenvalue weighted by Crippen LogP contribution is -2.41. The van der Waals surface area contributed by atoms with Crippen LogP contribution in [0.5, 0.6) is 0 Å². The van der Waals surface area contributed by atoms with Gasteiger partial charge in [-0.2, -0.15) is 5.10 Å². The number of hydrogen-bond acceptors (Lipinski definition) is 3. The van der Waals surface area contributed by atoms with Crippen LogP contribution < -0.4 is 0 Å². The van der Waals surface area contributed by atoms with Crippen LogP contribution in [0.3, 0.4) is 0 Å². The van der Waals surface area contributed by atoms with Gasteiger partial charge in [0.15, 0.2) is 0 Å². The molecule has 0 spiro atoms. The zero-order valence-corrected chi connectivity index (χ0v) is 15.3. The van der Waals surface area contributed by atoms with Crippen molar-refractivity contribution in [2.45, 2.75) is 32.5 Å². The van der Waals surface area contributed by atoms with Crippen LogP contribution >= 0.6 is 0 Å². The van der Waals surface area contributed by atoms with Gasteiger partial charge in [-0.15, -0.1) is 0 Å². The Morgan fingerprint density at radius 1 is 1.31 bits per heavy atom. The van der Waals surface area contributed by atoms with Crippen LogP contribution in [0.1, 0.15) is 29.4 Å².